The number of rotatable bonds is 7. The molecule has 1 heterocycles. The molecule has 0 bridgehead atoms. The average Bonchev–Trinajstić information content (AvgIpc) is 2.99. The fourth-order valence-corrected chi connectivity index (χ4v) is 2.57. The molecule has 1 aliphatic rings. The molecule has 1 unspecified atom stereocenters. The van der Waals surface area contributed by atoms with Crippen molar-refractivity contribution in [2.24, 2.45) is 5.92 Å². The topological polar surface area (TPSA) is 50.4 Å². The number of anilines is 1. The quantitative estimate of drug-likeness (QED) is 0.811. The number of ether oxygens (including phenoxy) is 1. The van der Waals surface area contributed by atoms with Gasteiger partial charge in [0.05, 0.1) is 0 Å². The van der Waals surface area contributed by atoms with E-state index in [1.807, 2.05) is 25.1 Å². The molecule has 0 spiro atoms. The van der Waals surface area contributed by atoms with Crippen LogP contribution in [0.1, 0.15) is 42.1 Å². The smallest absolute Gasteiger partial charge is 0.251 e. The van der Waals surface area contributed by atoms with Crippen LogP contribution < -0.4 is 10.6 Å². The summed E-state index contributed by atoms with van der Waals surface area (Å²) < 4.78 is 5.34. The lowest BCUT2D eigenvalue weighted by atomic mass is 10.1. The summed E-state index contributed by atoms with van der Waals surface area (Å²) in [4.78, 5) is 12.1. The molecule has 2 N–H and O–H groups in total. The highest BCUT2D eigenvalue weighted by Crippen LogP contribution is 2.17. The third-order valence-corrected chi connectivity index (χ3v) is 3.92. The Morgan fingerprint density at radius 2 is 2.24 bits per heavy atom. The summed E-state index contributed by atoms with van der Waals surface area (Å²) in [5.41, 5.74) is 2.95. The third kappa shape index (κ3) is 4.74. The monoisotopic (exact) mass is 290 g/mol. The first-order chi connectivity index (χ1) is 10.2. The molecule has 1 atom stereocenters. The number of hydrogen-bond acceptors (Lipinski definition) is 3. The second kappa shape index (κ2) is 8.03. The fraction of sp³-hybridized carbons (Fsp3) is 0.588. The Hall–Kier alpha value is -1.55. The lowest BCUT2D eigenvalue weighted by Crippen LogP contribution is -2.26. The summed E-state index contributed by atoms with van der Waals surface area (Å²) in [6, 6.07) is 5.83. The highest BCUT2D eigenvalue weighted by molar-refractivity contribution is 5.94. The number of nitrogens with one attached hydrogen (secondary N) is 2. The van der Waals surface area contributed by atoms with Gasteiger partial charge in [0.1, 0.15) is 0 Å². The minimum atomic E-state index is 0.0130. The van der Waals surface area contributed by atoms with Gasteiger partial charge in [-0.15, -0.1) is 0 Å². The Bertz CT molecular complexity index is 468. The zero-order chi connectivity index (χ0) is 15.1. The molecular weight excluding hydrogens is 264 g/mol. The Balaban J connectivity index is 1.82. The zero-order valence-corrected chi connectivity index (χ0v) is 13.1. The van der Waals surface area contributed by atoms with Gasteiger partial charge in [-0.05, 0) is 55.9 Å². The number of hydrogen-bond donors (Lipinski definition) is 2. The van der Waals surface area contributed by atoms with Crippen molar-refractivity contribution in [1.29, 1.82) is 0 Å². The van der Waals surface area contributed by atoms with Crippen molar-refractivity contribution >= 4 is 11.6 Å². The van der Waals surface area contributed by atoms with E-state index >= 15 is 0 Å². The van der Waals surface area contributed by atoms with Gasteiger partial charge in [-0.25, -0.2) is 0 Å². The number of carbonyl (C=O) groups excluding carboxylic acids is 1. The van der Waals surface area contributed by atoms with Crippen molar-refractivity contribution in [2.75, 3.05) is 31.6 Å². The standard InChI is InChI=1S/C17H26N2O2/c1-3-8-18-16-5-4-15(11-13(16)2)17(20)19-9-6-14-7-10-21-12-14/h4-5,11,14,18H,3,6-10,12H2,1-2H3,(H,19,20). The summed E-state index contributed by atoms with van der Waals surface area (Å²) in [6.07, 6.45) is 3.21. The van der Waals surface area contributed by atoms with Crippen molar-refractivity contribution in [3.8, 4) is 0 Å². The predicted octanol–water partition coefficient (Wildman–Crippen LogP) is 2.97. The van der Waals surface area contributed by atoms with Crippen LogP contribution in [0.15, 0.2) is 18.2 Å². The molecule has 1 fully saturated rings. The molecule has 0 radical (unpaired) electrons. The number of carbonyl (C=O) groups is 1. The molecule has 21 heavy (non-hydrogen) atoms. The SMILES string of the molecule is CCCNc1ccc(C(=O)NCCC2CCOC2)cc1C. The van der Waals surface area contributed by atoms with Gasteiger partial charge in [0.15, 0.2) is 0 Å². The van der Waals surface area contributed by atoms with Crippen LogP contribution in [0.25, 0.3) is 0 Å². The lowest BCUT2D eigenvalue weighted by molar-refractivity contribution is 0.0950. The van der Waals surface area contributed by atoms with E-state index in [1.54, 1.807) is 0 Å². The lowest BCUT2D eigenvalue weighted by Gasteiger charge is -2.12. The first-order valence-electron chi connectivity index (χ1n) is 7.91. The van der Waals surface area contributed by atoms with Crippen LogP contribution in [-0.2, 0) is 4.74 Å². The molecular formula is C17H26N2O2. The average molecular weight is 290 g/mol. The molecule has 1 saturated heterocycles. The van der Waals surface area contributed by atoms with Gasteiger partial charge in [0, 0.05) is 37.6 Å². The van der Waals surface area contributed by atoms with Gasteiger partial charge < -0.3 is 15.4 Å². The molecule has 4 nitrogen and oxygen atoms in total. The summed E-state index contributed by atoms with van der Waals surface area (Å²) in [6.45, 7) is 7.55. The third-order valence-electron chi connectivity index (χ3n) is 3.92. The summed E-state index contributed by atoms with van der Waals surface area (Å²) >= 11 is 0. The maximum absolute atomic E-state index is 12.1. The second-order valence-electron chi connectivity index (χ2n) is 5.73. The van der Waals surface area contributed by atoms with Crippen LogP contribution in [-0.4, -0.2) is 32.2 Å². The second-order valence-corrected chi connectivity index (χ2v) is 5.73. The van der Waals surface area contributed by atoms with E-state index in [4.69, 9.17) is 4.74 Å². The minimum absolute atomic E-state index is 0.0130. The highest BCUT2D eigenvalue weighted by Gasteiger charge is 2.15. The molecule has 4 heteroatoms. The number of aryl methyl sites for hydroxylation is 1. The molecule has 1 aromatic rings. The summed E-state index contributed by atoms with van der Waals surface area (Å²) in [5.74, 6) is 0.617. The Kier molecular flexibility index (Phi) is 6.05. The van der Waals surface area contributed by atoms with Crippen molar-refractivity contribution in [2.45, 2.75) is 33.1 Å². The van der Waals surface area contributed by atoms with Crippen LogP contribution in [0.2, 0.25) is 0 Å². The largest absolute Gasteiger partial charge is 0.385 e. The maximum Gasteiger partial charge on any atom is 0.251 e. The predicted molar refractivity (Wildman–Crippen MR) is 85.8 cm³/mol. The molecule has 0 aromatic heterocycles. The molecule has 0 saturated carbocycles. The molecule has 0 aliphatic carbocycles. The zero-order valence-electron chi connectivity index (χ0n) is 13.1. The molecule has 2 rings (SSSR count). The van der Waals surface area contributed by atoms with E-state index in [0.29, 0.717) is 5.92 Å². The van der Waals surface area contributed by atoms with Gasteiger partial charge in [-0.2, -0.15) is 0 Å². The van der Waals surface area contributed by atoms with Crippen LogP contribution >= 0.6 is 0 Å². The van der Waals surface area contributed by atoms with Gasteiger partial charge in [0.2, 0.25) is 0 Å². The van der Waals surface area contributed by atoms with Gasteiger partial charge >= 0.3 is 0 Å². The molecule has 1 aliphatic heterocycles. The van der Waals surface area contributed by atoms with Crippen molar-refractivity contribution in [1.82, 2.24) is 5.32 Å². The fourth-order valence-electron chi connectivity index (χ4n) is 2.57. The van der Waals surface area contributed by atoms with E-state index in [0.717, 1.165) is 62.4 Å². The normalized spacial score (nSPS) is 17.7. The van der Waals surface area contributed by atoms with Gasteiger partial charge in [-0.1, -0.05) is 6.92 Å². The Morgan fingerprint density at radius 1 is 1.38 bits per heavy atom. The minimum Gasteiger partial charge on any atom is -0.385 e. The molecule has 1 amide bonds. The van der Waals surface area contributed by atoms with Crippen molar-refractivity contribution < 1.29 is 9.53 Å². The molecule has 116 valence electrons. The number of benzene rings is 1. The van der Waals surface area contributed by atoms with E-state index < -0.39 is 0 Å². The number of amides is 1. The van der Waals surface area contributed by atoms with Crippen LogP contribution in [0.4, 0.5) is 5.69 Å². The van der Waals surface area contributed by atoms with Crippen molar-refractivity contribution in [3.05, 3.63) is 29.3 Å². The summed E-state index contributed by atoms with van der Waals surface area (Å²) in [7, 11) is 0. The van der Waals surface area contributed by atoms with E-state index in [1.165, 1.54) is 0 Å². The van der Waals surface area contributed by atoms with E-state index in [2.05, 4.69) is 17.6 Å². The Labute approximate surface area is 127 Å². The van der Waals surface area contributed by atoms with Crippen LogP contribution in [0.3, 0.4) is 0 Å². The summed E-state index contributed by atoms with van der Waals surface area (Å²) in [5, 5.41) is 6.36. The van der Waals surface area contributed by atoms with Gasteiger partial charge in [0.25, 0.3) is 5.91 Å². The van der Waals surface area contributed by atoms with Crippen LogP contribution in [0, 0.1) is 12.8 Å². The maximum atomic E-state index is 12.1. The van der Waals surface area contributed by atoms with Crippen molar-refractivity contribution in [3.63, 3.8) is 0 Å². The first kappa shape index (κ1) is 15.8. The molecule has 1 aromatic carbocycles. The van der Waals surface area contributed by atoms with E-state index in [-0.39, 0.29) is 5.91 Å². The highest BCUT2D eigenvalue weighted by atomic mass is 16.5. The van der Waals surface area contributed by atoms with Crippen LogP contribution in [0.5, 0.6) is 0 Å². The van der Waals surface area contributed by atoms with E-state index in [9.17, 15) is 4.79 Å². The Morgan fingerprint density at radius 3 is 2.90 bits per heavy atom. The van der Waals surface area contributed by atoms with Gasteiger partial charge in [-0.3, -0.25) is 4.79 Å². The first-order valence-corrected chi connectivity index (χ1v) is 7.91.